The summed E-state index contributed by atoms with van der Waals surface area (Å²) in [6, 6.07) is 0. The van der Waals surface area contributed by atoms with Crippen molar-refractivity contribution in [1.29, 1.82) is 0 Å². The van der Waals surface area contributed by atoms with Crippen LogP contribution in [0.15, 0.2) is 0 Å². The molecule has 0 saturated heterocycles. The molecule has 1 aliphatic carbocycles. The van der Waals surface area contributed by atoms with Crippen molar-refractivity contribution in [3.63, 3.8) is 0 Å². The van der Waals surface area contributed by atoms with Crippen molar-refractivity contribution < 1.29 is 9.53 Å². The second kappa shape index (κ2) is 6.58. The first kappa shape index (κ1) is 15.5. The molecule has 1 rings (SSSR count). The van der Waals surface area contributed by atoms with Gasteiger partial charge in [-0.25, -0.2) is 0 Å². The molecular weight excluding hydrogens is 224 g/mol. The molecule has 2 heteroatoms. The Hall–Kier alpha value is -0.530. The minimum absolute atomic E-state index is 0.00278. The smallest absolute Gasteiger partial charge is 0.312 e. The first-order valence-electron chi connectivity index (χ1n) is 7.69. The van der Waals surface area contributed by atoms with Crippen LogP contribution in [-0.4, -0.2) is 11.6 Å². The second-order valence-corrected chi connectivity index (χ2v) is 6.47. The van der Waals surface area contributed by atoms with Crippen LogP contribution in [-0.2, 0) is 9.53 Å². The number of ether oxygens (including phenoxy) is 1. The highest BCUT2D eigenvalue weighted by atomic mass is 16.6. The first-order valence-corrected chi connectivity index (χ1v) is 7.69. The molecule has 0 atom stereocenters. The number of carbonyl (C=O) groups excluding carboxylic acids is 1. The van der Waals surface area contributed by atoms with Gasteiger partial charge in [0.1, 0.15) is 5.60 Å². The third-order valence-corrected chi connectivity index (χ3v) is 4.50. The molecule has 106 valence electrons. The number of hydrogen-bond donors (Lipinski definition) is 0. The van der Waals surface area contributed by atoms with E-state index < -0.39 is 0 Å². The van der Waals surface area contributed by atoms with Gasteiger partial charge in [-0.15, -0.1) is 0 Å². The molecule has 0 radical (unpaired) electrons. The molecule has 1 saturated carbocycles. The number of unbranched alkanes of at least 4 members (excludes halogenated alkanes) is 1. The third kappa shape index (κ3) is 4.00. The molecule has 0 amide bonds. The maximum Gasteiger partial charge on any atom is 0.312 e. The van der Waals surface area contributed by atoms with E-state index in [9.17, 15) is 4.79 Å². The van der Waals surface area contributed by atoms with E-state index in [2.05, 4.69) is 13.8 Å². The van der Waals surface area contributed by atoms with E-state index in [4.69, 9.17) is 4.74 Å². The molecule has 0 aliphatic heterocycles. The van der Waals surface area contributed by atoms with Gasteiger partial charge in [0.05, 0.1) is 5.41 Å². The van der Waals surface area contributed by atoms with Gasteiger partial charge in [-0.1, -0.05) is 26.7 Å². The van der Waals surface area contributed by atoms with Crippen molar-refractivity contribution in [2.45, 2.75) is 91.1 Å². The van der Waals surface area contributed by atoms with E-state index in [1.54, 1.807) is 0 Å². The molecule has 2 nitrogen and oxygen atoms in total. The van der Waals surface area contributed by atoms with Crippen LogP contribution in [0.25, 0.3) is 0 Å². The summed E-state index contributed by atoms with van der Waals surface area (Å²) in [6.07, 6.45) is 10.1. The van der Waals surface area contributed by atoms with Gasteiger partial charge in [-0.3, -0.25) is 4.79 Å². The SMILES string of the molecule is CCCCC1(OC(=O)C(C)(C)CC)CCCCC1. The maximum absolute atomic E-state index is 12.3. The van der Waals surface area contributed by atoms with Crippen molar-refractivity contribution in [2.75, 3.05) is 0 Å². The normalized spacial score (nSPS) is 19.6. The van der Waals surface area contributed by atoms with Crippen molar-refractivity contribution >= 4 is 5.97 Å². The van der Waals surface area contributed by atoms with E-state index in [0.29, 0.717) is 0 Å². The lowest BCUT2D eigenvalue weighted by molar-refractivity contribution is -0.175. The number of hydrogen-bond acceptors (Lipinski definition) is 2. The van der Waals surface area contributed by atoms with Gasteiger partial charge in [0.25, 0.3) is 0 Å². The molecule has 0 spiro atoms. The van der Waals surface area contributed by atoms with Gasteiger partial charge >= 0.3 is 5.97 Å². The number of carbonyl (C=O) groups is 1. The maximum atomic E-state index is 12.3. The van der Waals surface area contributed by atoms with E-state index in [0.717, 1.165) is 25.7 Å². The average Bonchev–Trinajstić information content (AvgIpc) is 2.37. The lowest BCUT2D eigenvalue weighted by Gasteiger charge is -2.39. The van der Waals surface area contributed by atoms with Crippen molar-refractivity contribution in [3.05, 3.63) is 0 Å². The topological polar surface area (TPSA) is 26.3 Å². The summed E-state index contributed by atoms with van der Waals surface area (Å²) < 4.78 is 6.00. The second-order valence-electron chi connectivity index (χ2n) is 6.47. The molecule has 0 N–H and O–H groups in total. The molecule has 1 aliphatic rings. The fraction of sp³-hybridized carbons (Fsp3) is 0.938. The van der Waals surface area contributed by atoms with Gasteiger partial charge in [-0.2, -0.15) is 0 Å². The quantitative estimate of drug-likeness (QED) is 0.633. The third-order valence-electron chi connectivity index (χ3n) is 4.50. The van der Waals surface area contributed by atoms with Gasteiger partial charge in [0.15, 0.2) is 0 Å². The van der Waals surface area contributed by atoms with Crippen molar-refractivity contribution in [3.8, 4) is 0 Å². The lowest BCUT2D eigenvalue weighted by Crippen LogP contribution is -2.41. The molecule has 0 unspecified atom stereocenters. The Morgan fingerprint density at radius 1 is 1.17 bits per heavy atom. The van der Waals surface area contributed by atoms with E-state index in [-0.39, 0.29) is 17.0 Å². The Morgan fingerprint density at radius 2 is 1.78 bits per heavy atom. The van der Waals surface area contributed by atoms with Crippen molar-refractivity contribution in [2.24, 2.45) is 5.41 Å². The summed E-state index contributed by atoms with van der Waals surface area (Å²) in [5.41, 5.74) is -0.478. The summed E-state index contributed by atoms with van der Waals surface area (Å²) in [7, 11) is 0. The fourth-order valence-electron chi connectivity index (χ4n) is 2.58. The van der Waals surface area contributed by atoms with Crippen LogP contribution in [0.3, 0.4) is 0 Å². The fourth-order valence-corrected chi connectivity index (χ4v) is 2.58. The molecule has 0 aromatic rings. The Morgan fingerprint density at radius 3 is 2.28 bits per heavy atom. The van der Waals surface area contributed by atoms with Crippen LogP contribution in [0.4, 0.5) is 0 Å². The largest absolute Gasteiger partial charge is 0.459 e. The minimum Gasteiger partial charge on any atom is -0.459 e. The highest BCUT2D eigenvalue weighted by molar-refractivity contribution is 5.76. The van der Waals surface area contributed by atoms with Crippen LogP contribution in [0.2, 0.25) is 0 Å². The Bertz CT molecular complexity index is 262. The molecule has 1 fully saturated rings. The Balaban J connectivity index is 2.69. The summed E-state index contributed by atoms with van der Waals surface area (Å²) in [5.74, 6) is 0.00278. The molecule has 0 heterocycles. The van der Waals surface area contributed by atoms with Gasteiger partial charge in [0, 0.05) is 0 Å². The van der Waals surface area contributed by atoms with Crippen LogP contribution >= 0.6 is 0 Å². The van der Waals surface area contributed by atoms with Crippen molar-refractivity contribution in [1.82, 2.24) is 0 Å². The highest BCUT2D eigenvalue weighted by Crippen LogP contribution is 2.38. The summed E-state index contributed by atoms with van der Waals surface area (Å²) >= 11 is 0. The van der Waals surface area contributed by atoms with E-state index in [1.165, 1.54) is 32.1 Å². The van der Waals surface area contributed by atoms with Crippen LogP contribution in [0.1, 0.15) is 85.5 Å². The molecule has 0 bridgehead atoms. The molecular formula is C16H30O2. The van der Waals surface area contributed by atoms with E-state index >= 15 is 0 Å². The highest BCUT2D eigenvalue weighted by Gasteiger charge is 2.39. The van der Waals surface area contributed by atoms with Crippen LogP contribution < -0.4 is 0 Å². The zero-order chi connectivity index (χ0) is 13.6. The zero-order valence-corrected chi connectivity index (χ0v) is 12.7. The molecule has 18 heavy (non-hydrogen) atoms. The van der Waals surface area contributed by atoms with Crippen LogP contribution in [0, 0.1) is 5.41 Å². The average molecular weight is 254 g/mol. The standard InChI is InChI=1S/C16H30O2/c1-5-7-11-16(12-9-8-10-13-16)18-14(17)15(3,4)6-2/h5-13H2,1-4H3. The number of esters is 1. The summed E-state index contributed by atoms with van der Waals surface area (Å²) in [4.78, 5) is 12.3. The molecule has 0 aromatic heterocycles. The minimum atomic E-state index is -0.337. The van der Waals surface area contributed by atoms with Gasteiger partial charge in [-0.05, 0) is 58.8 Å². The van der Waals surface area contributed by atoms with E-state index in [1.807, 2.05) is 13.8 Å². The zero-order valence-electron chi connectivity index (χ0n) is 12.7. The van der Waals surface area contributed by atoms with Gasteiger partial charge < -0.3 is 4.74 Å². The first-order chi connectivity index (χ1) is 8.46. The summed E-state index contributed by atoms with van der Waals surface area (Å²) in [5, 5.41) is 0. The monoisotopic (exact) mass is 254 g/mol. The summed E-state index contributed by atoms with van der Waals surface area (Å²) in [6.45, 7) is 8.24. The van der Waals surface area contributed by atoms with Gasteiger partial charge in [0.2, 0.25) is 0 Å². The molecule has 0 aromatic carbocycles. The number of rotatable bonds is 6. The Kier molecular flexibility index (Phi) is 5.68. The predicted octanol–water partition coefficient (Wildman–Crippen LogP) is 4.86. The van der Waals surface area contributed by atoms with Crippen LogP contribution in [0.5, 0.6) is 0 Å². The lowest BCUT2D eigenvalue weighted by atomic mass is 9.80. The Labute approximate surface area is 112 Å². The predicted molar refractivity (Wildman–Crippen MR) is 75.5 cm³/mol.